The van der Waals surface area contributed by atoms with Gasteiger partial charge in [0.25, 0.3) is 17.5 Å². The number of aromatic nitrogens is 1. The van der Waals surface area contributed by atoms with Gasteiger partial charge in [-0.1, -0.05) is 19.9 Å². The highest BCUT2D eigenvalue weighted by atomic mass is 16.6. The van der Waals surface area contributed by atoms with Crippen LogP contribution in [0.5, 0.6) is 0 Å². The van der Waals surface area contributed by atoms with Gasteiger partial charge >= 0.3 is 0 Å². The van der Waals surface area contributed by atoms with Crippen molar-refractivity contribution in [3.63, 3.8) is 0 Å². The fourth-order valence-corrected chi connectivity index (χ4v) is 2.63. The van der Waals surface area contributed by atoms with Gasteiger partial charge in [0.2, 0.25) is 0 Å². The van der Waals surface area contributed by atoms with Crippen molar-refractivity contribution in [2.24, 2.45) is 5.92 Å². The summed E-state index contributed by atoms with van der Waals surface area (Å²) in [6.07, 6.45) is 2.08. The molecule has 0 saturated carbocycles. The Bertz CT molecular complexity index is 935. The van der Waals surface area contributed by atoms with E-state index in [-0.39, 0.29) is 17.3 Å². The summed E-state index contributed by atoms with van der Waals surface area (Å²) in [7, 11) is 1.33. The highest BCUT2D eigenvalue weighted by Gasteiger charge is 2.26. The smallest absolute Gasteiger partial charge is 0.278 e. The van der Waals surface area contributed by atoms with Gasteiger partial charge in [0.1, 0.15) is 11.7 Å². The van der Waals surface area contributed by atoms with Crippen molar-refractivity contribution in [3.8, 4) is 6.19 Å². The lowest BCUT2D eigenvalue weighted by molar-refractivity contribution is -0.383. The largest absolute Gasteiger partial charge is 0.339 e. The fraction of sp³-hybridized carbons (Fsp3) is 0.333. The number of rotatable bonds is 6. The molecule has 2 aromatic rings. The van der Waals surface area contributed by atoms with E-state index in [9.17, 15) is 19.7 Å². The minimum Gasteiger partial charge on any atom is -0.339 e. The van der Waals surface area contributed by atoms with Crippen molar-refractivity contribution in [3.05, 3.63) is 46.1 Å². The number of nitrogens with zero attached hydrogens (tertiary/aromatic N) is 4. The highest BCUT2D eigenvalue weighted by molar-refractivity contribution is 5.99. The molecule has 1 aromatic carbocycles. The zero-order valence-electron chi connectivity index (χ0n) is 15.2. The molecule has 0 aliphatic rings. The number of amides is 2. The average Bonchev–Trinajstić information content (AvgIpc) is 2.64. The van der Waals surface area contributed by atoms with Crippen LogP contribution in [0.2, 0.25) is 0 Å². The zero-order chi connectivity index (χ0) is 20.1. The van der Waals surface area contributed by atoms with E-state index >= 15 is 0 Å². The van der Waals surface area contributed by atoms with E-state index in [2.05, 4.69) is 10.3 Å². The molecular formula is C18H19N5O4. The molecule has 0 aliphatic carbocycles. The number of likely N-dealkylation sites (N-methyl/N-ethyl adjacent to an activating group) is 1. The number of carbonyl (C=O) groups excluding carboxylic acids is 2. The molecule has 1 heterocycles. The number of pyridine rings is 1. The van der Waals surface area contributed by atoms with E-state index in [0.29, 0.717) is 17.3 Å². The molecule has 9 heteroatoms. The molecule has 0 bridgehead atoms. The molecule has 2 amide bonds. The van der Waals surface area contributed by atoms with E-state index < -0.39 is 22.8 Å². The van der Waals surface area contributed by atoms with Crippen LogP contribution in [-0.2, 0) is 4.79 Å². The maximum atomic E-state index is 12.6. The fourth-order valence-electron chi connectivity index (χ4n) is 2.63. The third-order valence-electron chi connectivity index (χ3n) is 3.93. The number of carbonyl (C=O) groups is 2. The van der Waals surface area contributed by atoms with Crippen LogP contribution < -0.4 is 5.32 Å². The molecule has 0 saturated heterocycles. The Morgan fingerprint density at radius 2 is 2.04 bits per heavy atom. The average molecular weight is 369 g/mol. The highest BCUT2D eigenvalue weighted by Crippen LogP contribution is 2.24. The normalized spacial score (nSPS) is 11.7. The third kappa shape index (κ3) is 4.55. The summed E-state index contributed by atoms with van der Waals surface area (Å²) in [5.41, 5.74) is 0.234. The monoisotopic (exact) mass is 369 g/mol. The first-order chi connectivity index (χ1) is 12.7. The lowest BCUT2D eigenvalue weighted by Crippen LogP contribution is -2.46. The van der Waals surface area contributed by atoms with Gasteiger partial charge in [-0.05, 0) is 30.5 Å². The number of fused-ring (bicyclic) bond motifs is 1. The second-order valence-electron chi connectivity index (χ2n) is 6.45. The molecule has 0 radical (unpaired) electrons. The molecule has 1 unspecified atom stereocenters. The Balaban J connectivity index is 2.31. The van der Waals surface area contributed by atoms with Crippen molar-refractivity contribution < 1.29 is 14.5 Å². The van der Waals surface area contributed by atoms with Gasteiger partial charge in [-0.3, -0.25) is 24.6 Å². The third-order valence-corrected chi connectivity index (χ3v) is 3.93. The molecule has 27 heavy (non-hydrogen) atoms. The molecule has 140 valence electrons. The maximum absolute atomic E-state index is 12.6. The predicted octanol–water partition coefficient (Wildman–Crippen LogP) is 2.23. The Morgan fingerprint density at radius 1 is 1.33 bits per heavy atom. The van der Waals surface area contributed by atoms with E-state index in [0.717, 1.165) is 4.90 Å². The second kappa shape index (κ2) is 8.23. The number of nitrogens with one attached hydrogen (secondary N) is 1. The summed E-state index contributed by atoms with van der Waals surface area (Å²) >= 11 is 0. The number of hydrogen-bond donors (Lipinski definition) is 1. The predicted molar refractivity (Wildman–Crippen MR) is 97.5 cm³/mol. The summed E-state index contributed by atoms with van der Waals surface area (Å²) in [6.45, 7) is 3.79. The Morgan fingerprint density at radius 3 is 2.63 bits per heavy atom. The van der Waals surface area contributed by atoms with Gasteiger partial charge in [0.05, 0.1) is 15.8 Å². The van der Waals surface area contributed by atoms with E-state index in [1.54, 1.807) is 12.3 Å². The molecule has 9 nitrogen and oxygen atoms in total. The van der Waals surface area contributed by atoms with Crippen molar-refractivity contribution in [1.82, 2.24) is 15.2 Å². The lowest BCUT2D eigenvalue weighted by Gasteiger charge is -2.21. The summed E-state index contributed by atoms with van der Waals surface area (Å²) < 4.78 is 0. The summed E-state index contributed by atoms with van der Waals surface area (Å²) in [5, 5.41) is 22.9. The molecule has 1 N–H and O–H groups in total. The zero-order valence-corrected chi connectivity index (χ0v) is 15.2. The van der Waals surface area contributed by atoms with Gasteiger partial charge in [0, 0.05) is 13.1 Å². The van der Waals surface area contributed by atoms with Crippen LogP contribution in [0.1, 0.15) is 30.8 Å². The topological polar surface area (TPSA) is 129 Å². The number of benzene rings is 1. The van der Waals surface area contributed by atoms with Gasteiger partial charge in [-0.2, -0.15) is 5.26 Å². The van der Waals surface area contributed by atoms with Crippen LogP contribution in [-0.4, -0.2) is 39.7 Å². The van der Waals surface area contributed by atoms with Gasteiger partial charge in [-0.25, -0.2) is 4.98 Å². The first-order valence-corrected chi connectivity index (χ1v) is 8.27. The van der Waals surface area contributed by atoms with Gasteiger partial charge < -0.3 is 5.32 Å². The van der Waals surface area contributed by atoms with Crippen LogP contribution in [0.25, 0.3) is 10.9 Å². The number of nitriles is 1. The van der Waals surface area contributed by atoms with Crippen molar-refractivity contribution >= 4 is 28.4 Å². The van der Waals surface area contributed by atoms with E-state index in [4.69, 9.17) is 5.26 Å². The summed E-state index contributed by atoms with van der Waals surface area (Å²) in [6, 6.07) is 6.37. The minimum atomic E-state index is -0.871. The first kappa shape index (κ1) is 19.8. The molecule has 1 aromatic heterocycles. The standard InChI is InChI=1S/C18H19N5O4/c1-11(2)9-15(18(25)22(3)10-19)21-17(24)14-8-7-12-13(20-14)5-4-6-16(12)23(26)27/h4-8,11,15H,9H2,1-3H3,(H,21,24). The van der Waals surface area contributed by atoms with Crippen LogP contribution in [0.4, 0.5) is 5.69 Å². The Labute approximate surface area is 155 Å². The molecule has 0 spiro atoms. The number of nitro groups is 1. The molecule has 0 aliphatic heterocycles. The van der Waals surface area contributed by atoms with Crippen LogP contribution in [0.15, 0.2) is 30.3 Å². The molecular weight excluding hydrogens is 350 g/mol. The lowest BCUT2D eigenvalue weighted by atomic mass is 10.0. The van der Waals surface area contributed by atoms with Crippen LogP contribution in [0, 0.1) is 27.5 Å². The summed E-state index contributed by atoms with van der Waals surface area (Å²) in [5.74, 6) is -0.997. The van der Waals surface area contributed by atoms with Crippen molar-refractivity contribution in [1.29, 1.82) is 5.26 Å². The van der Waals surface area contributed by atoms with E-state index in [1.807, 2.05) is 13.8 Å². The number of non-ortho nitro benzene ring substituents is 1. The van der Waals surface area contributed by atoms with Crippen LogP contribution in [0.3, 0.4) is 0 Å². The Hall–Kier alpha value is -3.54. The maximum Gasteiger partial charge on any atom is 0.278 e. The Kier molecular flexibility index (Phi) is 6.03. The molecule has 1 atom stereocenters. The van der Waals surface area contributed by atoms with Crippen LogP contribution >= 0.6 is 0 Å². The quantitative estimate of drug-likeness (QED) is 0.360. The molecule has 2 rings (SSSR count). The van der Waals surface area contributed by atoms with Gasteiger partial charge in [-0.15, -0.1) is 0 Å². The van der Waals surface area contributed by atoms with E-state index in [1.165, 1.54) is 31.3 Å². The SMILES string of the molecule is CC(C)CC(NC(=O)c1ccc2c([N+](=O)[O-])cccc2n1)C(=O)N(C)C#N. The molecule has 0 fully saturated rings. The van der Waals surface area contributed by atoms with Crippen molar-refractivity contribution in [2.45, 2.75) is 26.3 Å². The second-order valence-corrected chi connectivity index (χ2v) is 6.45. The number of nitro benzene ring substituents is 1. The first-order valence-electron chi connectivity index (χ1n) is 8.27. The summed E-state index contributed by atoms with van der Waals surface area (Å²) in [4.78, 5) is 40.5. The minimum absolute atomic E-state index is 0.0316. The number of hydrogen-bond acceptors (Lipinski definition) is 6. The van der Waals surface area contributed by atoms with Crippen molar-refractivity contribution in [2.75, 3.05) is 7.05 Å². The van der Waals surface area contributed by atoms with Gasteiger partial charge in [0.15, 0.2) is 6.19 Å².